The van der Waals surface area contributed by atoms with Gasteiger partial charge in [0.1, 0.15) is 0 Å². The maximum Gasteiger partial charge on any atom is 2.00 e. The van der Waals surface area contributed by atoms with Crippen LogP contribution in [0.1, 0.15) is 13.8 Å². The van der Waals surface area contributed by atoms with E-state index in [9.17, 15) is 0 Å². The topological polar surface area (TPSA) is 140 Å². The minimum atomic E-state index is -1.08. The van der Waals surface area contributed by atoms with Gasteiger partial charge in [0.2, 0.25) is 0 Å². The molecule has 0 saturated carbocycles. The van der Waals surface area contributed by atoms with Crippen LogP contribution < -0.4 is 10.2 Å². The summed E-state index contributed by atoms with van der Waals surface area (Å²) in [4.78, 5) is 17.8. The molecule has 8 heteroatoms. The van der Waals surface area contributed by atoms with Gasteiger partial charge in [0, 0.05) is 24.3 Å². The molecule has 0 aliphatic carbocycles. The van der Waals surface area contributed by atoms with E-state index >= 15 is 0 Å². The largest absolute Gasteiger partial charge is 2.00 e. The van der Waals surface area contributed by atoms with Crippen molar-refractivity contribution >= 4 is 49.7 Å². The van der Waals surface area contributed by atoms with E-state index in [1.54, 1.807) is 12.4 Å². The quantitative estimate of drug-likeness (QED) is 0.476. The van der Waals surface area contributed by atoms with E-state index < -0.39 is 11.9 Å². The van der Waals surface area contributed by atoms with Gasteiger partial charge in [0.05, 0.1) is 0 Å². The van der Waals surface area contributed by atoms with Gasteiger partial charge >= 0.3 is 37.7 Å². The van der Waals surface area contributed by atoms with Crippen molar-refractivity contribution in [3.63, 3.8) is 0 Å². The number of carbonyl (C=O) groups excluding carboxylic acids is 2. The van der Waals surface area contributed by atoms with Crippen molar-refractivity contribution in [2.75, 3.05) is 0 Å². The molecule has 82 valence electrons. The predicted octanol–water partition coefficient (Wildman–Crippen LogP) is -3.28. The van der Waals surface area contributed by atoms with Gasteiger partial charge in [-0.2, -0.15) is 5.10 Å². The molecule has 1 rings (SSSR count). The summed E-state index contributed by atoms with van der Waals surface area (Å²) in [5, 5.41) is 24.0. The summed E-state index contributed by atoms with van der Waals surface area (Å²) < 4.78 is 0. The van der Waals surface area contributed by atoms with Gasteiger partial charge in [-0.15, -0.1) is 0 Å². The molecule has 7 nitrogen and oxygen atoms in total. The molecule has 0 saturated heterocycles. The van der Waals surface area contributed by atoms with Crippen molar-refractivity contribution in [1.82, 2.24) is 10.2 Å². The molecule has 0 radical (unpaired) electrons. The number of aromatic amines is 1. The Bertz CT molecular complexity index is 190. The second-order valence-corrected chi connectivity index (χ2v) is 1.75. The zero-order valence-corrected chi connectivity index (χ0v) is 10.7. The Hall–Kier alpha value is -0.630. The van der Waals surface area contributed by atoms with Crippen molar-refractivity contribution in [2.45, 2.75) is 13.8 Å². The Balaban J connectivity index is -0.0000000575. The molecule has 0 unspecified atom stereocenters. The smallest absolute Gasteiger partial charge is 0.550 e. The molecule has 0 aliphatic heterocycles. The summed E-state index contributed by atoms with van der Waals surface area (Å²) in [5.41, 5.74) is 0. The molecule has 0 spiro atoms. The Morgan fingerprint density at radius 1 is 1.20 bits per heavy atom. The van der Waals surface area contributed by atoms with E-state index in [1.165, 1.54) is 0 Å². The molecule has 0 fully saturated rings. The van der Waals surface area contributed by atoms with Crippen LogP contribution in [0.5, 0.6) is 0 Å². The van der Waals surface area contributed by atoms with Crippen molar-refractivity contribution < 1.29 is 25.3 Å². The number of aromatic nitrogens is 2. The van der Waals surface area contributed by atoms with Crippen molar-refractivity contribution in [3.05, 3.63) is 18.5 Å². The average Bonchev–Trinajstić information content (AvgIpc) is 2.35. The summed E-state index contributed by atoms with van der Waals surface area (Å²) in [6.45, 7) is 1.94. The van der Waals surface area contributed by atoms with E-state index in [2.05, 4.69) is 10.2 Å². The standard InChI is InChI=1S/C3H4N2.2C2H4O2.Ca.H2O/c1-2-4-5-3-1;2*1-2(3)4;;/h1-3H,(H,4,5);2*1H3,(H,3,4);;1H2/q;;;+2;/p-2. The molecule has 3 N–H and O–H groups in total. The molecular weight excluding hydrogens is 232 g/mol. The zero-order chi connectivity index (χ0) is 10.7. The van der Waals surface area contributed by atoms with Crippen molar-refractivity contribution in [3.8, 4) is 0 Å². The third-order valence-electron chi connectivity index (χ3n) is 0.406. The summed E-state index contributed by atoms with van der Waals surface area (Å²) >= 11 is 0. The Morgan fingerprint density at radius 2 is 1.53 bits per heavy atom. The number of carboxylic acids is 2. The Morgan fingerprint density at radius 3 is 1.60 bits per heavy atom. The maximum atomic E-state index is 8.89. The number of hydrogen-bond donors (Lipinski definition) is 1. The number of H-pyrrole nitrogens is 1. The number of hydrogen-bond acceptors (Lipinski definition) is 5. The SMILES string of the molecule is CC(=O)[O-].CC(=O)[O-].O.[Ca+2].c1cn[nH]c1. The van der Waals surface area contributed by atoms with Gasteiger partial charge in [-0.05, 0) is 19.9 Å². The molecule has 1 aromatic heterocycles. The van der Waals surface area contributed by atoms with E-state index in [0.29, 0.717) is 0 Å². The van der Waals surface area contributed by atoms with Crippen LogP contribution in [0.3, 0.4) is 0 Å². The third kappa shape index (κ3) is 90.5. The zero-order valence-electron chi connectivity index (χ0n) is 8.52. The minimum Gasteiger partial charge on any atom is -0.550 e. The predicted molar refractivity (Wildman–Crippen MR) is 49.3 cm³/mol. The van der Waals surface area contributed by atoms with Crippen LogP contribution >= 0.6 is 0 Å². The van der Waals surface area contributed by atoms with Gasteiger partial charge in [0.15, 0.2) is 0 Å². The molecule has 0 amide bonds. The number of aliphatic carboxylic acids is 2. The summed E-state index contributed by atoms with van der Waals surface area (Å²) in [5.74, 6) is -2.17. The first-order chi connectivity index (χ1) is 5.96. The van der Waals surface area contributed by atoms with E-state index in [-0.39, 0.29) is 43.2 Å². The second kappa shape index (κ2) is 19.0. The van der Waals surface area contributed by atoms with E-state index in [4.69, 9.17) is 19.8 Å². The second-order valence-electron chi connectivity index (χ2n) is 1.75. The summed E-state index contributed by atoms with van der Waals surface area (Å²) in [7, 11) is 0. The van der Waals surface area contributed by atoms with Crippen LogP contribution in [-0.2, 0) is 9.59 Å². The fourth-order valence-corrected chi connectivity index (χ4v) is 0.215. The monoisotopic (exact) mass is 244 g/mol. The average molecular weight is 244 g/mol. The molecule has 0 aliphatic rings. The molecule has 0 bridgehead atoms. The number of nitrogens with zero attached hydrogens (tertiary/aromatic N) is 1. The fourth-order valence-electron chi connectivity index (χ4n) is 0.215. The van der Waals surface area contributed by atoms with Crippen molar-refractivity contribution in [1.29, 1.82) is 0 Å². The van der Waals surface area contributed by atoms with Gasteiger partial charge in [-0.1, -0.05) is 0 Å². The van der Waals surface area contributed by atoms with E-state index in [0.717, 1.165) is 13.8 Å². The fraction of sp³-hybridized carbons (Fsp3) is 0.286. The molecule has 1 aromatic rings. The molecule has 1 heterocycles. The molecule has 0 atom stereocenters. The van der Waals surface area contributed by atoms with Crippen LogP contribution in [0.4, 0.5) is 0 Å². The van der Waals surface area contributed by atoms with Crippen LogP contribution in [0.2, 0.25) is 0 Å². The summed E-state index contributed by atoms with van der Waals surface area (Å²) in [6, 6.07) is 1.83. The van der Waals surface area contributed by atoms with Crippen molar-refractivity contribution in [2.24, 2.45) is 0 Å². The number of nitrogens with one attached hydrogen (secondary N) is 1. The normalized spacial score (nSPS) is 6.00. The van der Waals surface area contributed by atoms with Gasteiger partial charge in [-0.3, -0.25) is 5.10 Å². The number of carboxylic acid groups (broad SMARTS) is 2. The molecule has 0 aromatic carbocycles. The van der Waals surface area contributed by atoms with E-state index in [1.807, 2.05) is 6.07 Å². The van der Waals surface area contributed by atoms with Crippen LogP contribution in [0.15, 0.2) is 18.5 Å². The maximum absolute atomic E-state index is 8.89. The van der Waals surface area contributed by atoms with Gasteiger partial charge in [0.25, 0.3) is 0 Å². The van der Waals surface area contributed by atoms with Gasteiger partial charge < -0.3 is 25.3 Å². The van der Waals surface area contributed by atoms with Crippen LogP contribution in [0, 0.1) is 0 Å². The molecule has 15 heavy (non-hydrogen) atoms. The molecular formula is C7H12CaN2O5. The number of rotatable bonds is 0. The van der Waals surface area contributed by atoms with Crippen LogP contribution in [0.25, 0.3) is 0 Å². The summed E-state index contributed by atoms with van der Waals surface area (Å²) in [6.07, 6.45) is 3.46. The van der Waals surface area contributed by atoms with Crippen LogP contribution in [-0.4, -0.2) is 65.4 Å². The first-order valence-electron chi connectivity index (χ1n) is 3.25. The van der Waals surface area contributed by atoms with Gasteiger partial charge in [-0.25, -0.2) is 0 Å². The third-order valence-corrected chi connectivity index (χ3v) is 0.406. The Labute approximate surface area is 117 Å². The minimum absolute atomic E-state index is 0. The first kappa shape index (κ1) is 23.9. The first-order valence-corrected chi connectivity index (χ1v) is 3.25. The number of carbonyl (C=O) groups is 2. The Kier molecular flexibility index (Phi) is 30.3.